The van der Waals surface area contributed by atoms with Crippen LogP contribution in [0.3, 0.4) is 0 Å². The minimum Gasteiger partial charge on any atom is -0.486 e. The van der Waals surface area contributed by atoms with Crippen molar-refractivity contribution in [2.24, 2.45) is 0 Å². The molecule has 0 spiro atoms. The summed E-state index contributed by atoms with van der Waals surface area (Å²) in [7, 11) is 0. The highest BCUT2D eigenvalue weighted by Crippen LogP contribution is 2.36. The van der Waals surface area contributed by atoms with E-state index in [0.29, 0.717) is 13.2 Å². The van der Waals surface area contributed by atoms with E-state index in [1.54, 1.807) is 23.1 Å². The molecule has 0 atom stereocenters. The lowest BCUT2D eigenvalue weighted by molar-refractivity contribution is 0.171. The standard InChI is InChI=1S/C15H16BrNO2S2/c1-20-14-7-13-12(18-3-4-19-13)6-10(14)8-17-9-15-11(16)2-5-21-15/h2,5-7,17H,3-4,8-9H2,1H3. The van der Waals surface area contributed by atoms with Crippen LogP contribution in [-0.2, 0) is 13.1 Å². The number of halogens is 1. The van der Waals surface area contributed by atoms with Crippen LogP contribution in [0.15, 0.2) is 32.9 Å². The molecule has 21 heavy (non-hydrogen) atoms. The molecule has 0 bridgehead atoms. The number of fused-ring (bicyclic) bond motifs is 1. The van der Waals surface area contributed by atoms with Gasteiger partial charge in [-0.25, -0.2) is 0 Å². The maximum absolute atomic E-state index is 5.67. The molecule has 0 saturated carbocycles. The lowest BCUT2D eigenvalue weighted by Gasteiger charge is -2.21. The van der Waals surface area contributed by atoms with Gasteiger partial charge in [-0.15, -0.1) is 23.1 Å². The fourth-order valence-corrected chi connectivity index (χ4v) is 4.28. The molecule has 1 aromatic carbocycles. The quantitative estimate of drug-likeness (QED) is 0.777. The number of rotatable bonds is 5. The Labute approximate surface area is 141 Å². The van der Waals surface area contributed by atoms with Crippen molar-refractivity contribution in [2.45, 2.75) is 18.0 Å². The summed E-state index contributed by atoms with van der Waals surface area (Å²) in [5.41, 5.74) is 1.25. The van der Waals surface area contributed by atoms with Crippen molar-refractivity contribution < 1.29 is 9.47 Å². The summed E-state index contributed by atoms with van der Waals surface area (Å²) in [6, 6.07) is 6.26. The molecule has 0 fully saturated rings. The average molecular weight is 386 g/mol. The summed E-state index contributed by atoms with van der Waals surface area (Å²) in [4.78, 5) is 2.55. The van der Waals surface area contributed by atoms with Gasteiger partial charge in [-0.1, -0.05) is 0 Å². The predicted molar refractivity (Wildman–Crippen MR) is 91.8 cm³/mol. The molecule has 1 aliphatic rings. The number of thiophene rings is 1. The van der Waals surface area contributed by atoms with Gasteiger partial charge in [0.2, 0.25) is 0 Å². The monoisotopic (exact) mass is 385 g/mol. The van der Waals surface area contributed by atoms with Crippen molar-refractivity contribution in [3.63, 3.8) is 0 Å². The van der Waals surface area contributed by atoms with Gasteiger partial charge in [-0.05, 0) is 51.3 Å². The fraction of sp³-hybridized carbons (Fsp3) is 0.333. The highest BCUT2D eigenvalue weighted by atomic mass is 79.9. The summed E-state index contributed by atoms with van der Waals surface area (Å²) in [5, 5.41) is 5.59. The maximum atomic E-state index is 5.67. The van der Waals surface area contributed by atoms with Crippen LogP contribution in [0.5, 0.6) is 11.5 Å². The smallest absolute Gasteiger partial charge is 0.162 e. The van der Waals surface area contributed by atoms with Gasteiger partial charge < -0.3 is 14.8 Å². The van der Waals surface area contributed by atoms with Crippen LogP contribution in [-0.4, -0.2) is 19.5 Å². The molecule has 3 nitrogen and oxygen atoms in total. The SMILES string of the molecule is CSc1cc2c(cc1CNCc1sccc1Br)OCCO2. The Hall–Kier alpha value is -0.690. The molecular weight excluding hydrogens is 370 g/mol. The number of hydrogen-bond donors (Lipinski definition) is 1. The Morgan fingerprint density at radius 2 is 2.00 bits per heavy atom. The van der Waals surface area contributed by atoms with Crippen molar-refractivity contribution in [1.29, 1.82) is 0 Å². The molecule has 3 rings (SSSR count). The van der Waals surface area contributed by atoms with Gasteiger partial charge in [0.1, 0.15) is 13.2 Å². The second kappa shape index (κ2) is 7.05. The minimum absolute atomic E-state index is 0.626. The van der Waals surface area contributed by atoms with Crippen LogP contribution in [0.25, 0.3) is 0 Å². The van der Waals surface area contributed by atoms with E-state index in [4.69, 9.17) is 9.47 Å². The minimum atomic E-state index is 0.626. The van der Waals surface area contributed by atoms with Crippen LogP contribution >= 0.6 is 39.0 Å². The van der Waals surface area contributed by atoms with Crippen molar-refractivity contribution in [3.05, 3.63) is 38.5 Å². The number of nitrogens with one attached hydrogen (secondary N) is 1. The molecular formula is C15H16BrNO2S2. The van der Waals surface area contributed by atoms with E-state index < -0.39 is 0 Å². The molecule has 0 saturated heterocycles. The summed E-state index contributed by atoms with van der Waals surface area (Å²) in [6.45, 7) is 2.93. The molecule has 1 aromatic heterocycles. The second-order valence-electron chi connectivity index (χ2n) is 4.60. The van der Waals surface area contributed by atoms with Crippen LogP contribution in [0.2, 0.25) is 0 Å². The third-order valence-electron chi connectivity index (χ3n) is 3.24. The van der Waals surface area contributed by atoms with Gasteiger partial charge in [0.05, 0.1) is 0 Å². The van der Waals surface area contributed by atoms with E-state index in [0.717, 1.165) is 24.6 Å². The van der Waals surface area contributed by atoms with Crippen LogP contribution in [0, 0.1) is 0 Å². The average Bonchev–Trinajstić information content (AvgIpc) is 2.92. The molecule has 1 N–H and O–H groups in total. The van der Waals surface area contributed by atoms with E-state index in [9.17, 15) is 0 Å². The van der Waals surface area contributed by atoms with Gasteiger partial charge in [0.25, 0.3) is 0 Å². The predicted octanol–water partition coefficient (Wildman–Crippen LogP) is 4.29. The van der Waals surface area contributed by atoms with Crippen molar-refractivity contribution in [1.82, 2.24) is 5.32 Å². The van der Waals surface area contributed by atoms with Gasteiger partial charge in [-0.2, -0.15) is 0 Å². The lowest BCUT2D eigenvalue weighted by Crippen LogP contribution is -2.17. The molecule has 0 aliphatic carbocycles. The van der Waals surface area contributed by atoms with E-state index in [1.165, 1.54) is 19.8 Å². The van der Waals surface area contributed by atoms with Crippen LogP contribution < -0.4 is 14.8 Å². The van der Waals surface area contributed by atoms with Gasteiger partial charge in [0, 0.05) is 27.3 Å². The fourth-order valence-electron chi connectivity index (χ4n) is 2.20. The molecule has 0 amide bonds. The number of benzene rings is 1. The number of hydrogen-bond acceptors (Lipinski definition) is 5. The largest absolute Gasteiger partial charge is 0.486 e. The number of ether oxygens (including phenoxy) is 2. The Kier molecular flexibility index (Phi) is 5.11. The first-order valence-corrected chi connectivity index (χ1v) is 9.57. The molecule has 2 aromatic rings. The molecule has 2 heterocycles. The van der Waals surface area contributed by atoms with Gasteiger partial charge in [-0.3, -0.25) is 0 Å². The molecule has 1 aliphatic heterocycles. The number of thioether (sulfide) groups is 1. The van der Waals surface area contributed by atoms with Crippen molar-refractivity contribution in [2.75, 3.05) is 19.5 Å². The Morgan fingerprint density at radius 3 is 2.67 bits per heavy atom. The molecule has 0 radical (unpaired) electrons. The molecule has 0 unspecified atom stereocenters. The topological polar surface area (TPSA) is 30.5 Å². The first-order valence-electron chi connectivity index (χ1n) is 6.67. The zero-order chi connectivity index (χ0) is 14.7. The van der Waals surface area contributed by atoms with E-state index in [1.807, 2.05) is 0 Å². The van der Waals surface area contributed by atoms with E-state index >= 15 is 0 Å². The summed E-state index contributed by atoms with van der Waals surface area (Å²) in [6.07, 6.45) is 2.09. The maximum Gasteiger partial charge on any atom is 0.162 e. The Bertz CT molecular complexity index is 630. The zero-order valence-electron chi connectivity index (χ0n) is 11.6. The van der Waals surface area contributed by atoms with Gasteiger partial charge in [0.15, 0.2) is 11.5 Å². The van der Waals surface area contributed by atoms with Crippen LogP contribution in [0.4, 0.5) is 0 Å². The summed E-state index contributed by atoms with van der Waals surface area (Å²) < 4.78 is 12.5. The molecule has 6 heteroatoms. The third kappa shape index (κ3) is 3.56. The second-order valence-corrected chi connectivity index (χ2v) is 7.31. The molecule has 112 valence electrons. The lowest BCUT2D eigenvalue weighted by atomic mass is 10.2. The zero-order valence-corrected chi connectivity index (χ0v) is 14.9. The first kappa shape index (κ1) is 15.2. The Morgan fingerprint density at radius 1 is 1.24 bits per heavy atom. The summed E-state index contributed by atoms with van der Waals surface area (Å²) in [5.74, 6) is 1.71. The van der Waals surface area contributed by atoms with E-state index in [2.05, 4.69) is 51.1 Å². The third-order valence-corrected chi connectivity index (χ3v) is 5.98. The van der Waals surface area contributed by atoms with Crippen LogP contribution in [0.1, 0.15) is 10.4 Å². The Balaban J connectivity index is 1.70. The first-order chi connectivity index (χ1) is 10.3. The normalized spacial score (nSPS) is 13.4. The summed E-state index contributed by atoms with van der Waals surface area (Å²) >= 11 is 7.06. The van der Waals surface area contributed by atoms with E-state index in [-0.39, 0.29) is 0 Å². The van der Waals surface area contributed by atoms with Gasteiger partial charge >= 0.3 is 0 Å². The highest BCUT2D eigenvalue weighted by molar-refractivity contribution is 9.10. The highest BCUT2D eigenvalue weighted by Gasteiger charge is 2.15. The van der Waals surface area contributed by atoms with Crippen molar-refractivity contribution in [3.8, 4) is 11.5 Å². The van der Waals surface area contributed by atoms with Crippen molar-refractivity contribution >= 4 is 39.0 Å².